The molecule has 0 spiro atoms. The number of carbonyl (C=O) groups is 1. The minimum absolute atomic E-state index is 0.195. The maximum absolute atomic E-state index is 12.0. The summed E-state index contributed by atoms with van der Waals surface area (Å²) < 4.78 is 5.55. The molecular weight excluding hydrogens is 276 g/mol. The first kappa shape index (κ1) is 14.6. The van der Waals surface area contributed by atoms with Gasteiger partial charge in [-0.05, 0) is 37.6 Å². The lowest BCUT2D eigenvalue weighted by Gasteiger charge is -2.00. The summed E-state index contributed by atoms with van der Waals surface area (Å²) >= 11 is 5.84. The molecule has 2 rings (SSSR count). The maximum Gasteiger partial charge on any atom is 0.273 e. The molecular formula is C15H17ClN2O2. The van der Waals surface area contributed by atoms with Gasteiger partial charge in [-0.25, -0.2) is 4.98 Å². The zero-order valence-corrected chi connectivity index (χ0v) is 12.3. The molecule has 0 aliphatic rings. The van der Waals surface area contributed by atoms with Crippen molar-refractivity contribution in [2.24, 2.45) is 0 Å². The number of oxazole rings is 1. The van der Waals surface area contributed by atoms with E-state index in [0.29, 0.717) is 28.9 Å². The molecule has 1 aromatic heterocycles. The van der Waals surface area contributed by atoms with Crippen LogP contribution in [0.5, 0.6) is 0 Å². The van der Waals surface area contributed by atoms with Gasteiger partial charge in [0, 0.05) is 17.1 Å². The van der Waals surface area contributed by atoms with E-state index in [1.807, 2.05) is 12.1 Å². The second-order valence-corrected chi connectivity index (χ2v) is 4.98. The van der Waals surface area contributed by atoms with Crippen LogP contribution in [0.3, 0.4) is 0 Å². The average Bonchev–Trinajstić information content (AvgIpc) is 2.82. The molecule has 1 aromatic carbocycles. The Balaban J connectivity index is 2.16. The van der Waals surface area contributed by atoms with Gasteiger partial charge in [-0.2, -0.15) is 0 Å². The quantitative estimate of drug-likeness (QED) is 0.852. The predicted molar refractivity (Wildman–Crippen MR) is 78.9 cm³/mol. The molecule has 0 atom stereocenters. The molecule has 0 bridgehead atoms. The molecule has 0 aliphatic heterocycles. The van der Waals surface area contributed by atoms with Gasteiger partial charge in [0.25, 0.3) is 5.91 Å². The van der Waals surface area contributed by atoms with Gasteiger partial charge in [-0.3, -0.25) is 4.79 Å². The number of aromatic nitrogens is 1. The number of hydrogen-bond donors (Lipinski definition) is 1. The van der Waals surface area contributed by atoms with Crippen LogP contribution in [0.4, 0.5) is 0 Å². The molecule has 0 saturated heterocycles. The van der Waals surface area contributed by atoms with Gasteiger partial charge in [0.15, 0.2) is 5.69 Å². The molecule has 5 heteroatoms. The number of nitrogens with one attached hydrogen (secondary N) is 1. The number of hydrogen-bond acceptors (Lipinski definition) is 3. The number of amides is 1. The molecule has 0 radical (unpaired) electrons. The topological polar surface area (TPSA) is 55.1 Å². The number of halogens is 1. The van der Waals surface area contributed by atoms with Crippen LogP contribution < -0.4 is 5.32 Å². The Morgan fingerprint density at radius 2 is 2.05 bits per heavy atom. The third kappa shape index (κ3) is 3.39. The first-order valence-corrected chi connectivity index (χ1v) is 7.01. The lowest BCUT2D eigenvalue weighted by Crippen LogP contribution is -2.25. The number of aryl methyl sites for hydroxylation is 1. The zero-order chi connectivity index (χ0) is 14.5. The lowest BCUT2D eigenvalue weighted by molar-refractivity contribution is 0.0947. The first-order chi connectivity index (χ1) is 9.61. The van der Waals surface area contributed by atoms with Crippen molar-refractivity contribution in [1.82, 2.24) is 10.3 Å². The van der Waals surface area contributed by atoms with Crippen molar-refractivity contribution in [3.63, 3.8) is 0 Å². The summed E-state index contributed by atoms with van der Waals surface area (Å²) in [6.07, 6.45) is 1.99. The summed E-state index contributed by atoms with van der Waals surface area (Å²) in [4.78, 5) is 16.3. The largest absolute Gasteiger partial charge is 0.441 e. The van der Waals surface area contributed by atoms with Crippen molar-refractivity contribution in [1.29, 1.82) is 0 Å². The van der Waals surface area contributed by atoms with Crippen molar-refractivity contribution in [2.75, 3.05) is 6.54 Å². The summed E-state index contributed by atoms with van der Waals surface area (Å²) in [5.41, 5.74) is 1.14. The standard InChI is InChI=1S/C15H17ClN2O2/c1-3-4-9-17-14(19)13-10(2)20-15(18-13)11-5-7-12(16)8-6-11/h5-8H,3-4,9H2,1-2H3,(H,17,19). The third-order valence-corrected chi connectivity index (χ3v) is 3.17. The number of benzene rings is 1. The van der Waals surface area contributed by atoms with E-state index >= 15 is 0 Å². The number of nitrogens with zero attached hydrogens (tertiary/aromatic N) is 1. The van der Waals surface area contributed by atoms with E-state index in [0.717, 1.165) is 18.4 Å². The smallest absolute Gasteiger partial charge is 0.273 e. The van der Waals surface area contributed by atoms with E-state index in [-0.39, 0.29) is 5.91 Å². The Hall–Kier alpha value is -1.81. The molecule has 1 heterocycles. The molecule has 20 heavy (non-hydrogen) atoms. The molecule has 1 N–H and O–H groups in total. The maximum atomic E-state index is 12.0. The van der Waals surface area contributed by atoms with Gasteiger partial charge in [0.2, 0.25) is 5.89 Å². The van der Waals surface area contributed by atoms with E-state index in [4.69, 9.17) is 16.0 Å². The monoisotopic (exact) mass is 292 g/mol. The van der Waals surface area contributed by atoms with E-state index < -0.39 is 0 Å². The van der Waals surface area contributed by atoms with Crippen LogP contribution in [0, 0.1) is 6.92 Å². The Bertz CT molecular complexity index is 590. The van der Waals surface area contributed by atoms with Crippen LogP contribution in [0.2, 0.25) is 5.02 Å². The molecule has 1 amide bonds. The minimum atomic E-state index is -0.195. The Morgan fingerprint density at radius 1 is 1.35 bits per heavy atom. The van der Waals surface area contributed by atoms with Gasteiger partial charge in [0.05, 0.1) is 0 Å². The van der Waals surface area contributed by atoms with E-state index in [2.05, 4.69) is 17.2 Å². The Morgan fingerprint density at radius 3 is 2.70 bits per heavy atom. The van der Waals surface area contributed by atoms with Crippen LogP contribution >= 0.6 is 11.6 Å². The normalized spacial score (nSPS) is 10.6. The second-order valence-electron chi connectivity index (χ2n) is 4.54. The summed E-state index contributed by atoms with van der Waals surface area (Å²) in [6.45, 7) is 4.46. The second kappa shape index (κ2) is 6.57. The summed E-state index contributed by atoms with van der Waals surface area (Å²) in [6, 6.07) is 7.15. The number of carbonyl (C=O) groups excluding carboxylic acids is 1. The van der Waals surface area contributed by atoms with Crippen molar-refractivity contribution in [3.05, 3.63) is 40.7 Å². The van der Waals surface area contributed by atoms with E-state index in [1.165, 1.54) is 0 Å². The van der Waals surface area contributed by atoms with Gasteiger partial charge >= 0.3 is 0 Å². The van der Waals surface area contributed by atoms with Gasteiger partial charge in [-0.15, -0.1) is 0 Å². The fraction of sp³-hybridized carbons (Fsp3) is 0.333. The third-order valence-electron chi connectivity index (χ3n) is 2.92. The van der Waals surface area contributed by atoms with Crippen molar-refractivity contribution >= 4 is 17.5 Å². The molecule has 0 saturated carbocycles. The number of unbranched alkanes of at least 4 members (excludes halogenated alkanes) is 1. The highest BCUT2D eigenvalue weighted by Gasteiger charge is 2.17. The van der Waals surface area contributed by atoms with Crippen molar-refractivity contribution in [2.45, 2.75) is 26.7 Å². The highest BCUT2D eigenvalue weighted by molar-refractivity contribution is 6.30. The Kier molecular flexibility index (Phi) is 4.79. The fourth-order valence-electron chi connectivity index (χ4n) is 1.79. The molecule has 0 aliphatic carbocycles. The molecule has 4 nitrogen and oxygen atoms in total. The van der Waals surface area contributed by atoms with Crippen LogP contribution in [0.1, 0.15) is 36.0 Å². The molecule has 2 aromatic rings. The Labute approximate surface area is 123 Å². The highest BCUT2D eigenvalue weighted by Crippen LogP contribution is 2.23. The average molecular weight is 293 g/mol. The van der Waals surface area contributed by atoms with Crippen molar-refractivity contribution in [3.8, 4) is 11.5 Å². The first-order valence-electron chi connectivity index (χ1n) is 6.63. The van der Waals surface area contributed by atoms with Crippen molar-refractivity contribution < 1.29 is 9.21 Å². The highest BCUT2D eigenvalue weighted by atomic mass is 35.5. The fourth-order valence-corrected chi connectivity index (χ4v) is 1.91. The lowest BCUT2D eigenvalue weighted by atomic mass is 10.2. The van der Waals surface area contributed by atoms with Gasteiger partial charge in [-0.1, -0.05) is 24.9 Å². The van der Waals surface area contributed by atoms with Gasteiger partial charge in [0.1, 0.15) is 5.76 Å². The zero-order valence-electron chi connectivity index (χ0n) is 11.6. The molecule has 106 valence electrons. The van der Waals surface area contributed by atoms with Gasteiger partial charge < -0.3 is 9.73 Å². The van der Waals surface area contributed by atoms with Crippen LogP contribution in [-0.4, -0.2) is 17.4 Å². The van der Waals surface area contributed by atoms with Crippen LogP contribution in [0.15, 0.2) is 28.7 Å². The minimum Gasteiger partial charge on any atom is -0.441 e. The van der Waals surface area contributed by atoms with Crippen LogP contribution in [0.25, 0.3) is 11.5 Å². The summed E-state index contributed by atoms with van der Waals surface area (Å²) in [5.74, 6) is 0.753. The summed E-state index contributed by atoms with van der Waals surface area (Å²) in [5, 5.41) is 3.48. The molecule has 0 unspecified atom stereocenters. The van der Waals surface area contributed by atoms with E-state index in [9.17, 15) is 4.79 Å². The molecule has 0 fully saturated rings. The SMILES string of the molecule is CCCCNC(=O)c1nc(-c2ccc(Cl)cc2)oc1C. The number of rotatable bonds is 5. The van der Waals surface area contributed by atoms with E-state index in [1.54, 1.807) is 19.1 Å². The summed E-state index contributed by atoms with van der Waals surface area (Å²) in [7, 11) is 0. The van der Waals surface area contributed by atoms with Crippen LogP contribution in [-0.2, 0) is 0 Å². The predicted octanol–water partition coefficient (Wildman–Crippen LogP) is 3.83.